The van der Waals surface area contributed by atoms with Gasteiger partial charge in [0.1, 0.15) is 11.6 Å². The molecule has 1 unspecified atom stereocenters. The van der Waals surface area contributed by atoms with Gasteiger partial charge in [-0.3, -0.25) is 4.79 Å². The molecule has 3 amide bonds. The van der Waals surface area contributed by atoms with E-state index in [0.717, 1.165) is 56.8 Å². The number of hydrogen-bond donors (Lipinski definition) is 2. The molecule has 1 saturated carbocycles. The van der Waals surface area contributed by atoms with Gasteiger partial charge in [-0.2, -0.15) is 0 Å². The SMILES string of the molecule is O=C(NCCC(=O)N1CCCC(c2nnc3n2CCCCC3)C1)NC1CCCCC1. The molecular weight excluding hydrogens is 380 g/mol. The summed E-state index contributed by atoms with van der Waals surface area (Å²) in [6, 6.07) is 0.146. The highest BCUT2D eigenvalue weighted by atomic mass is 16.2. The monoisotopic (exact) mass is 416 g/mol. The zero-order valence-corrected chi connectivity index (χ0v) is 18.1. The van der Waals surface area contributed by atoms with Crippen molar-refractivity contribution in [3.8, 4) is 0 Å². The molecule has 1 aromatic heterocycles. The first-order valence-corrected chi connectivity index (χ1v) is 11.9. The second-order valence-corrected chi connectivity index (χ2v) is 9.10. The minimum Gasteiger partial charge on any atom is -0.342 e. The fourth-order valence-corrected chi connectivity index (χ4v) is 5.15. The molecule has 2 aliphatic heterocycles. The van der Waals surface area contributed by atoms with Gasteiger partial charge in [0, 0.05) is 51.0 Å². The van der Waals surface area contributed by atoms with Gasteiger partial charge in [0.2, 0.25) is 5.91 Å². The zero-order valence-electron chi connectivity index (χ0n) is 18.1. The number of hydrogen-bond acceptors (Lipinski definition) is 4. The zero-order chi connectivity index (χ0) is 20.8. The van der Waals surface area contributed by atoms with E-state index >= 15 is 0 Å². The average Bonchev–Trinajstić information content (AvgIpc) is 3.02. The number of fused-ring (bicyclic) bond motifs is 1. The van der Waals surface area contributed by atoms with E-state index in [-0.39, 0.29) is 23.9 Å². The molecule has 0 aromatic carbocycles. The van der Waals surface area contributed by atoms with E-state index in [4.69, 9.17) is 0 Å². The third kappa shape index (κ3) is 5.32. The van der Waals surface area contributed by atoms with Gasteiger partial charge in [-0.15, -0.1) is 10.2 Å². The van der Waals surface area contributed by atoms with Crippen LogP contribution < -0.4 is 10.6 Å². The Morgan fingerprint density at radius 3 is 2.63 bits per heavy atom. The van der Waals surface area contributed by atoms with Crippen LogP contribution in [0.5, 0.6) is 0 Å². The van der Waals surface area contributed by atoms with Gasteiger partial charge in [-0.1, -0.05) is 25.7 Å². The summed E-state index contributed by atoms with van der Waals surface area (Å²) in [5, 5.41) is 14.8. The number of aromatic nitrogens is 3. The molecule has 2 fully saturated rings. The van der Waals surface area contributed by atoms with Crippen molar-refractivity contribution < 1.29 is 9.59 Å². The summed E-state index contributed by atoms with van der Waals surface area (Å²) in [5.74, 6) is 2.56. The first-order valence-electron chi connectivity index (χ1n) is 11.9. The van der Waals surface area contributed by atoms with Crippen molar-refractivity contribution >= 4 is 11.9 Å². The molecule has 8 heteroatoms. The average molecular weight is 417 g/mol. The summed E-state index contributed by atoms with van der Waals surface area (Å²) in [5.41, 5.74) is 0. The van der Waals surface area contributed by atoms with Crippen LogP contribution in [0.2, 0.25) is 0 Å². The normalized spacial score (nSPS) is 22.8. The van der Waals surface area contributed by atoms with E-state index in [0.29, 0.717) is 19.5 Å². The van der Waals surface area contributed by atoms with Crippen molar-refractivity contribution in [2.75, 3.05) is 19.6 Å². The summed E-state index contributed by atoms with van der Waals surface area (Å²) < 4.78 is 2.31. The maximum absolute atomic E-state index is 12.7. The summed E-state index contributed by atoms with van der Waals surface area (Å²) in [6.45, 7) is 2.90. The Kier molecular flexibility index (Phi) is 7.23. The quantitative estimate of drug-likeness (QED) is 0.772. The number of nitrogens with zero attached hydrogens (tertiary/aromatic N) is 4. The first-order chi connectivity index (χ1) is 14.7. The molecule has 2 N–H and O–H groups in total. The van der Waals surface area contributed by atoms with Crippen molar-refractivity contribution in [2.24, 2.45) is 0 Å². The Balaban J connectivity index is 1.24. The van der Waals surface area contributed by atoms with Crippen LogP contribution >= 0.6 is 0 Å². The van der Waals surface area contributed by atoms with Gasteiger partial charge in [-0.05, 0) is 38.5 Å². The van der Waals surface area contributed by atoms with Crippen molar-refractivity contribution in [3.05, 3.63) is 11.6 Å². The number of carbonyl (C=O) groups is 2. The fraction of sp³-hybridized carbons (Fsp3) is 0.818. The number of nitrogens with one attached hydrogen (secondary N) is 2. The Morgan fingerprint density at radius 2 is 1.77 bits per heavy atom. The lowest BCUT2D eigenvalue weighted by Crippen LogP contribution is -2.45. The topological polar surface area (TPSA) is 92.2 Å². The van der Waals surface area contributed by atoms with Crippen molar-refractivity contribution in [1.82, 2.24) is 30.3 Å². The van der Waals surface area contributed by atoms with Gasteiger partial charge in [-0.25, -0.2) is 4.79 Å². The second kappa shape index (κ2) is 10.3. The molecule has 3 heterocycles. The molecule has 3 aliphatic rings. The fourth-order valence-electron chi connectivity index (χ4n) is 5.15. The van der Waals surface area contributed by atoms with Crippen LogP contribution in [-0.2, 0) is 17.8 Å². The Morgan fingerprint density at radius 1 is 0.933 bits per heavy atom. The summed E-state index contributed by atoms with van der Waals surface area (Å²) in [6.07, 6.45) is 12.8. The highest BCUT2D eigenvalue weighted by molar-refractivity contribution is 5.78. The molecule has 30 heavy (non-hydrogen) atoms. The van der Waals surface area contributed by atoms with Crippen LogP contribution in [0.1, 0.15) is 88.2 Å². The first kappa shape index (κ1) is 21.1. The number of amides is 3. The standard InChI is InChI=1S/C22H36N6O2/c29-20(12-13-23-22(30)24-18-9-3-1-4-10-18)27-14-7-8-17(16-27)21-26-25-19-11-5-2-6-15-28(19)21/h17-18H,1-16H2,(H2,23,24,30). The number of piperidine rings is 1. The second-order valence-electron chi connectivity index (χ2n) is 9.10. The minimum absolute atomic E-state index is 0.119. The molecular formula is C22H36N6O2. The molecule has 166 valence electrons. The predicted octanol–water partition coefficient (Wildman–Crippen LogP) is 2.73. The van der Waals surface area contributed by atoms with E-state index < -0.39 is 0 Å². The molecule has 4 rings (SSSR count). The van der Waals surface area contributed by atoms with Crippen LogP contribution in [0.4, 0.5) is 4.79 Å². The smallest absolute Gasteiger partial charge is 0.315 e. The molecule has 0 spiro atoms. The van der Waals surface area contributed by atoms with Gasteiger partial charge in [0.25, 0.3) is 0 Å². The highest BCUT2D eigenvalue weighted by Gasteiger charge is 2.29. The van der Waals surface area contributed by atoms with Gasteiger partial charge >= 0.3 is 6.03 Å². The molecule has 8 nitrogen and oxygen atoms in total. The highest BCUT2D eigenvalue weighted by Crippen LogP contribution is 2.28. The lowest BCUT2D eigenvalue weighted by molar-refractivity contribution is -0.132. The molecule has 0 bridgehead atoms. The van der Waals surface area contributed by atoms with Crippen LogP contribution in [0, 0.1) is 0 Å². The van der Waals surface area contributed by atoms with E-state index in [1.54, 1.807) is 0 Å². The van der Waals surface area contributed by atoms with Crippen LogP contribution in [-0.4, -0.2) is 57.3 Å². The molecule has 1 atom stereocenters. The van der Waals surface area contributed by atoms with E-state index in [1.807, 2.05) is 4.90 Å². The van der Waals surface area contributed by atoms with Gasteiger partial charge in [0.05, 0.1) is 0 Å². The Bertz CT molecular complexity index is 727. The van der Waals surface area contributed by atoms with Crippen LogP contribution in [0.25, 0.3) is 0 Å². The number of likely N-dealkylation sites (tertiary alicyclic amines) is 1. The number of carbonyl (C=O) groups excluding carboxylic acids is 2. The van der Waals surface area contributed by atoms with E-state index in [2.05, 4.69) is 25.4 Å². The maximum atomic E-state index is 12.7. The summed E-state index contributed by atoms with van der Waals surface area (Å²) in [4.78, 5) is 26.8. The van der Waals surface area contributed by atoms with Gasteiger partial charge < -0.3 is 20.1 Å². The molecule has 1 aromatic rings. The lowest BCUT2D eigenvalue weighted by atomic mass is 9.96. The predicted molar refractivity (Wildman–Crippen MR) is 114 cm³/mol. The van der Waals surface area contributed by atoms with E-state index in [9.17, 15) is 9.59 Å². The van der Waals surface area contributed by atoms with Gasteiger partial charge in [0.15, 0.2) is 0 Å². The molecule has 1 aliphatic carbocycles. The van der Waals surface area contributed by atoms with Crippen LogP contribution in [0.3, 0.4) is 0 Å². The third-order valence-corrected chi connectivity index (χ3v) is 6.84. The largest absolute Gasteiger partial charge is 0.342 e. The maximum Gasteiger partial charge on any atom is 0.315 e. The van der Waals surface area contributed by atoms with Crippen molar-refractivity contribution in [1.29, 1.82) is 0 Å². The Labute approximate surface area is 179 Å². The number of aryl methyl sites for hydroxylation is 1. The van der Waals surface area contributed by atoms with Crippen molar-refractivity contribution in [2.45, 2.75) is 95.6 Å². The van der Waals surface area contributed by atoms with Crippen LogP contribution in [0.15, 0.2) is 0 Å². The third-order valence-electron chi connectivity index (χ3n) is 6.84. The Hall–Kier alpha value is -2.12. The minimum atomic E-state index is -0.141. The summed E-state index contributed by atoms with van der Waals surface area (Å²) in [7, 11) is 0. The number of urea groups is 1. The molecule has 0 radical (unpaired) electrons. The molecule has 1 saturated heterocycles. The summed E-state index contributed by atoms with van der Waals surface area (Å²) >= 11 is 0. The lowest BCUT2D eigenvalue weighted by Gasteiger charge is -2.32. The van der Waals surface area contributed by atoms with Crippen molar-refractivity contribution in [3.63, 3.8) is 0 Å². The number of rotatable bonds is 5. The van der Waals surface area contributed by atoms with E-state index in [1.165, 1.54) is 38.5 Å².